The third-order valence-electron chi connectivity index (χ3n) is 5.63. The smallest absolute Gasteiger partial charge is 0.242 e. The summed E-state index contributed by atoms with van der Waals surface area (Å²) in [7, 11) is 0. The standard InChI is InChI=1S/C15H24N2OS/c1-8(2)15(4)13(18)17-14(19-15)16-12-9(3)10-5-6-11(12)7-10/h8-12H,5-7H2,1-4H3,(H,16,17,18). The minimum absolute atomic E-state index is 0.127. The van der Waals surface area contributed by atoms with E-state index >= 15 is 0 Å². The van der Waals surface area contributed by atoms with Gasteiger partial charge in [-0.05, 0) is 49.9 Å². The Morgan fingerprint density at radius 1 is 1.37 bits per heavy atom. The van der Waals surface area contributed by atoms with Crippen LogP contribution in [0.3, 0.4) is 0 Å². The van der Waals surface area contributed by atoms with Gasteiger partial charge in [0.15, 0.2) is 5.17 Å². The molecule has 3 nitrogen and oxygen atoms in total. The molecule has 0 spiro atoms. The van der Waals surface area contributed by atoms with Crippen LogP contribution in [0.5, 0.6) is 0 Å². The molecule has 5 atom stereocenters. The quantitative estimate of drug-likeness (QED) is 0.844. The number of carbonyl (C=O) groups is 1. The van der Waals surface area contributed by atoms with Crippen molar-refractivity contribution in [1.29, 1.82) is 0 Å². The predicted molar refractivity (Wildman–Crippen MR) is 80.2 cm³/mol. The number of amides is 1. The fraction of sp³-hybridized carbons (Fsp3) is 0.867. The van der Waals surface area contributed by atoms with E-state index in [4.69, 9.17) is 4.99 Å². The molecule has 0 aromatic rings. The summed E-state index contributed by atoms with van der Waals surface area (Å²) in [6.07, 6.45) is 4.07. The molecule has 2 aliphatic carbocycles. The Morgan fingerprint density at radius 2 is 2.05 bits per heavy atom. The second-order valence-corrected chi connectivity index (χ2v) is 8.37. The first-order chi connectivity index (χ1) is 8.91. The number of hydrogen-bond acceptors (Lipinski definition) is 3. The van der Waals surface area contributed by atoms with E-state index in [-0.39, 0.29) is 10.7 Å². The lowest BCUT2D eigenvalue weighted by atomic mass is 9.86. The van der Waals surface area contributed by atoms with Crippen molar-refractivity contribution < 1.29 is 4.79 Å². The van der Waals surface area contributed by atoms with Crippen molar-refractivity contribution in [1.82, 2.24) is 5.32 Å². The van der Waals surface area contributed by atoms with Crippen molar-refractivity contribution in [2.24, 2.45) is 28.7 Å². The minimum atomic E-state index is -0.348. The zero-order valence-corrected chi connectivity index (χ0v) is 13.1. The Hall–Kier alpha value is -0.510. The summed E-state index contributed by atoms with van der Waals surface area (Å²) in [5.74, 6) is 2.77. The van der Waals surface area contributed by atoms with Gasteiger partial charge in [-0.25, -0.2) is 0 Å². The molecule has 1 heterocycles. The molecule has 1 N–H and O–H groups in total. The van der Waals surface area contributed by atoms with Crippen LogP contribution in [0.15, 0.2) is 4.99 Å². The van der Waals surface area contributed by atoms with Crippen molar-refractivity contribution >= 4 is 22.8 Å². The molecule has 1 saturated heterocycles. The van der Waals surface area contributed by atoms with Crippen LogP contribution in [-0.4, -0.2) is 21.9 Å². The molecule has 2 saturated carbocycles. The van der Waals surface area contributed by atoms with Gasteiger partial charge in [0, 0.05) is 0 Å². The number of aliphatic imine (C=N–C) groups is 1. The molecule has 0 aromatic carbocycles. The molecule has 3 rings (SSSR count). The Kier molecular flexibility index (Phi) is 3.19. The van der Waals surface area contributed by atoms with E-state index in [1.807, 2.05) is 6.92 Å². The van der Waals surface area contributed by atoms with E-state index in [0.717, 1.165) is 17.0 Å². The summed E-state index contributed by atoms with van der Waals surface area (Å²) < 4.78 is -0.348. The van der Waals surface area contributed by atoms with Crippen molar-refractivity contribution in [2.75, 3.05) is 0 Å². The predicted octanol–water partition coefficient (Wildman–Crippen LogP) is 3.05. The van der Waals surface area contributed by atoms with E-state index in [2.05, 4.69) is 26.1 Å². The highest BCUT2D eigenvalue weighted by molar-refractivity contribution is 8.16. The summed E-state index contributed by atoms with van der Waals surface area (Å²) >= 11 is 1.63. The molecule has 3 fully saturated rings. The van der Waals surface area contributed by atoms with Crippen molar-refractivity contribution in [3.05, 3.63) is 0 Å². The second-order valence-electron chi connectivity index (χ2n) is 6.94. The fourth-order valence-electron chi connectivity index (χ4n) is 3.84. The summed E-state index contributed by atoms with van der Waals surface area (Å²) in [5.41, 5.74) is 0. The van der Waals surface area contributed by atoms with Crippen LogP contribution in [-0.2, 0) is 4.79 Å². The van der Waals surface area contributed by atoms with Crippen molar-refractivity contribution in [2.45, 2.75) is 57.7 Å². The van der Waals surface area contributed by atoms with Gasteiger partial charge in [-0.1, -0.05) is 32.5 Å². The van der Waals surface area contributed by atoms with Crippen LogP contribution in [0.4, 0.5) is 0 Å². The van der Waals surface area contributed by atoms with E-state index in [0.29, 0.717) is 17.9 Å². The van der Waals surface area contributed by atoms with Crippen LogP contribution in [0, 0.1) is 23.7 Å². The summed E-state index contributed by atoms with van der Waals surface area (Å²) in [6, 6.07) is 0.441. The van der Waals surface area contributed by atoms with Gasteiger partial charge in [-0.2, -0.15) is 0 Å². The van der Waals surface area contributed by atoms with E-state index in [1.54, 1.807) is 11.8 Å². The topological polar surface area (TPSA) is 41.5 Å². The van der Waals surface area contributed by atoms with E-state index in [1.165, 1.54) is 19.3 Å². The molecule has 2 bridgehead atoms. The third-order valence-corrected chi connectivity index (χ3v) is 7.11. The SMILES string of the molecule is CC1C2CCC(C2)C1N=C1NC(=O)C(C)(C(C)C)S1. The molecule has 1 aliphatic heterocycles. The molecule has 1 amide bonds. The highest BCUT2D eigenvalue weighted by Crippen LogP contribution is 2.50. The monoisotopic (exact) mass is 280 g/mol. The van der Waals surface area contributed by atoms with Gasteiger partial charge in [0.25, 0.3) is 0 Å². The number of nitrogens with zero attached hydrogens (tertiary/aromatic N) is 1. The number of rotatable bonds is 2. The number of hydrogen-bond donors (Lipinski definition) is 1. The lowest BCUT2D eigenvalue weighted by Crippen LogP contribution is -2.38. The second kappa shape index (κ2) is 4.51. The number of carbonyl (C=O) groups excluding carboxylic acids is 1. The molecule has 0 aromatic heterocycles. The maximum Gasteiger partial charge on any atom is 0.242 e. The average Bonchev–Trinajstić information content (AvgIpc) is 2.98. The zero-order chi connectivity index (χ0) is 13.8. The average molecular weight is 280 g/mol. The Balaban J connectivity index is 1.78. The number of nitrogens with one attached hydrogen (secondary N) is 1. The van der Waals surface area contributed by atoms with Crippen LogP contribution in [0.1, 0.15) is 47.0 Å². The molecule has 19 heavy (non-hydrogen) atoms. The van der Waals surface area contributed by atoms with Gasteiger partial charge in [0.2, 0.25) is 5.91 Å². The summed E-state index contributed by atoms with van der Waals surface area (Å²) in [6.45, 7) is 8.58. The zero-order valence-electron chi connectivity index (χ0n) is 12.3. The fourth-order valence-corrected chi connectivity index (χ4v) is 4.94. The first-order valence-corrected chi connectivity index (χ1v) is 8.31. The lowest BCUT2D eigenvalue weighted by Gasteiger charge is -2.25. The van der Waals surface area contributed by atoms with Crippen molar-refractivity contribution in [3.8, 4) is 0 Å². The maximum atomic E-state index is 12.2. The van der Waals surface area contributed by atoms with Gasteiger partial charge in [-0.3, -0.25) is 9.79 Å². The van der Waals surface area contributed by atoms with Crippen LogP contribution < -0.4 is 5.32 Å². The molecule has 5 unspecified atom stereocenters. The van der Waals surface area contributed by atoms with Gasteiger partial charge >= 0.3 is 0 Å². The van der Waals surface area contributed by atoms with Crippen LogP contribution >= 0.6 is 11.8 Å². The first-order valence-electron chi connectivity index (χ1n) is 7.50. The van der Waals surface area contributed by atoms with Crippen molar-refractivity contribution in [3.63, 3.8) is 0 Å². The normalized spacial score (nSPS) is 47.4. The first kappa shape index (κ1) is 13.5. The molecule has 0 radical (unpaired) electrons. The Bertz CT molecular complexity index is 432. The Morgan fingerprint density at radius 3 is 2.58 bits per heavy atom. The Labute approximate surface area is 120 Å². The van der Waals surface area contributed by atoms with Gasteiger partial charge in [0.1, 0.15) is 4.75 Å². The van der Waals surface area contributed by atoms with E-state index < -0.39 is 0 Å². The maximum absolute atomic E-state index is 12.2. The molecule has 106 valence electrons. The van der Waals surface area contributed by atoms with Crippen LogP contribution in [0.25, 0.3) is 0 Å². The number of fused-ring (bicyclic) bond motifs is 2. The summed E-state index contributed by atoms with van der Waals surface area (Å²) in [4.78, 5) is 17.1. The molecule has 4 heteroatoms. The van der Waals surface area contributed by atoms with Gasteiger partial charge in [-0.15, -0.1) is 0 Å². The minimum Gasteiger partial charge on any atom is -0.304 e. The molecular weight excluding hydrogens is 256 g/mol. The van der Waals surface area contributed by atoms with Gasteiger partial charge in [0.05, 0.1) is 6.04 Å². The third kappa shape index (κ3) is 2.03. The van der Waals surface area contributed by atoms with Gasteiger partial charge < -0.3 is 5.32 Å². The highest BCUT2D eigenvalue weighted by atomic mass is 32.2. The lowest BCUT2D eigenvalue weighted by molar-refractivity contribution is -0.122. The highest BCUT2D eigenvalue weighted by Gasteiger charge is 2.48. The molecular formula is C15H24N2OS. The molecule has 3 aliphatic rings. The number of amidine groups is 1. The largest absolute Gasteiger partial charge is 0.304 e. The van der Waals surface area contributed by atoms with Crippen LogP contribution in [0.2, 0.25) is 0 Å². The van der Waals surface area contributed by atoms with E-state index in [9.17, 15) is 4.79 Å². The summed E-state index contributed by atoms with van der Waals surface area (Å²) in [5, 5.41) is 3.87. The number of thioether (sulfide) groups is 1.